The first-order chi connectivity index (χ1) is 12.5. The van der Waals surface area contributed by atoms with Crippen molar-refractivity contribution in [3.8, 4) is 11.6 Å². The van der Waals surface area contributed by atoms with Gasteiger partial charge in [0.2, 0.25) is 5.88 Å². The number of para-hydroxylation sites is 1. The second kappa shape index (κ2) is 7.44. The summed E-state index contributed by atoms with van der Waals surface area (Å²) in [5.74, 6) is 0.419. The first kappa shape index (κ1) is 17.7. The van der Waals surface area contributed by atoms with Crippen LogP contribution < -0.4 is 10.1 Å². The van der Waals surface area contributed by atoms with Crippen LogP contribution in [0.2, 0.25) is 0 Å². The molecule has 0 saturated heterocycles. The molecule has 0 saturated carbocycles. The first-order valence-electron chi connectivity index (χ1n) is 8.54. The van der Waals surface area contributed by atoms with Gasteiger partial charge in [0.1, 0.15) is 0 Å². The highest BCUT2D eigenvalue weighted by Gasteiger charge is 2.17. The topological polar surface area (TPSA) is 56.1 Å². The molecule has 0 aliphatic rings. The Morgan fingerprint density at radius 1 is 1.15 bits per heavy atom. The van der Waals surface area contributed by atoms with Crippen LogP contribution in [0, 0.1) is 20.8 Å². The normalized spacial score (nSPS) is 10.6. The number of amides is 1. The van der Waals surface area contributed by atoms with E-state index in [1.165, 1.54) is 5.56 Å². The number of ether oxygens (including phenoxy) is 1. The highest BCUT2D eigenvalue weighted by atomic mass is 16.5. The van der Waals surface area contributed by atoms with Crippen LogP contribution in [-0.4, -0.2) is 22.6 Å². The first-order valence-corrected chi connectivity index (χ1v) is 8.54. The number of benzene rings is 1. The largest absolute Gasteiger partial charge is 0.481 e. The lowest BCUT2D eigenvalue weighted by atomic mass is 10.2. The molecule has 0 atom stereocenters. The molecular weight excluding hydrogens is 326 g/mol. The Morgan fingerprint density at radius 3 is 2.65 bits per heavy atom. The third-order valence-electron chi connectivity index (χ3n) is 4.51. The molecule has 5 heteroatoms. The predicted molar refractivity (Wildman–Crippen MR) is 102 cm³/mol. The summed E-state index contributed by atoms with van der Waals surface area (Å²) in [5, 5.41) is 2.97. The zero-order chi connectivity index (χ0) is 18.7. The van der Waals surface area contributed by atoms with Crippen molar-refractivity contribution >= 4 is 5.91 Å². The summed E-state index contributed by atoms with van der Waals surface area (Å²) in [5.41, 5.74) is 5.73. The van der Waals surface area contributed by atoms with E-state index < -0.39 is 0 Å². The van der Waals surface area contributed by atoms with E-state index in [2.05, 4.69) is 33.9 Å². The average molecular weight is 349 g/mol. The Morgan fingerprint density at radius 2 is 1.92 bits per heavy atom. The molecule has 0 bridgehead atoms. The summed E-state index contributed by atoms with van der Waals surface area (Å²) in [7, 11) is 1.57. The molecule has 0 fully saturated rings. The number of hydrogen-bond donors (Lipinski definition) is 1. The third kappa shape index (κ3) is 3.33. The van der Waals surface area contributed by atoms with Crippen molar-refractivity contribution in [1.29, 1.82) is 0 Å². The zero-order valence-electron chi connectivity index (χ0n) is 15.5. The molecular formula is C21H23N3O2. The molecule has 1 amide bonds. The van der Waals surface area contributed by atoms with Gasteiger partial charge in [0.05, 0.1) is 12.7 Å². The Kier molecular flexibility index (Phi) is 5.07. The summed E-state index contributed by atoms with van der Waals surface area (Å²) in [6.45, 7) is 6.42. The van der Waals surface area contributed by atoms with Crippen LogP contribution in [0.3, 0.4) is 0 Å². The minimum Gasteiger partial charge on any atom is -0.481 e. The van der Waals surface area contributed by atoms with Crippen LogP contribution in [0.15, 0.2) is 48.7 Å². The Labute approximate surface area is 153 Å². The van der Waals surface area contributed by atoms with E-state index in [9.17, 15) is 4.79 Å². The Balaban J connectivity index is 1.85. The van der Waals surface area contributed by atoms with Crippen LogP contribution in [0.1, 0.15) is 32.9 Å². The fraction of sp³-hybridized carbons (Fsp3) is 0.238. The minimum atomic E-state index is -0.108. The Bertz CT molecular complexity index is 944. The lowest BCUT2D eigenvalue weighted by Gasteiger charge is -2.13. The second-order valence-corrected chi connectivity index (χ2v) is 6.26. The van der Waals surface area contributed by atoms with Gasteiger partial charge < -0.3 is 14.6 Å². The van der Waals surface area contributed by atoms with Gasteiger partial charge in [0.25, 0.3) is 5.91 Å². The lowest BCUT2D eigenvalue weighted by Crippen LogP contribution is -2.23. The molecule has 0 radical (unpaired) electrons. The number of methoxy groups -OCH3 is 1. The molecule has 0 spiro atoms. The molecule has 3 rings (SSSR count). The number of carbonyl (C=O) groups is 1. The van der Waals surface area contributed by atoms with Gasteiger partial charge in [-0.15, -0.1) is 0 Å². The van der Waals surface area contributed by atoms with E-state index in [1.54, 1.807) is 13.3 Å². The highest BCUT2D eigenvalue weighted by Crippen LogP contribution is 2.23. The molecule has 5 nitrogen and oxygen atoms in total. The fourth-order valence-electron chi connectivity index (χ4n) is 3.19. The number of aromatic nitrogens is 2. The van der Waals surface area contributed by atoms with Crippen LogP contribution in [0.4, 0.5) is 0 Å². The molecule has 3 aromatic rings. The molecule has 1 aromatic carbocycles. The minimum absolute atomic E-state index is 0.108. The number of hydrogen-bond acceptors (Lipinski definition) is 3. The predicted octanol–water partition coefficient (Wildman–Crippen LogP) is 3.74. The van der Waals surface area contributed by atoms with Gasteiger partial charge in [-0.25, -0.2) is 4.98 Å². The lowest BCUT2D eigenvalue weighted by molar-refractivity contribution is 0.0950. The molecule has 2 aromatic heterocycles. The van der Waals surface area contributed by atoms with Crippen LogP contribution in [-0.2, 0) is 6.54 Å². The molecule has 26 heavy (non-hydrogen) atoms. The number of rotatable bonds is 5. The molecule has 1 N–H and O–H groups in total. The summed E-state index contributed by atoms with van der Waals surface area (Å²) in [6, 6.07) is 13.8. The van der Waals surface area contributed by atoms with Gasteiger partial charge in [-0.3, -0.25) is 4.79 Å². The van der Waals surface area contributed by atoms with Gasteiger partial charge in [-0.05, 0) is 44.5 Å². The molecule has 134 valence electrons. The van der Waals surface area contributed by atoms with Gasteiger partial charge in [-0.2, -0.15) is 0 Å². The Hall–Kier alpha value is -3.08. The van der Waals surface area contributed by atoms with Gasteiger partial charge >= 0.3 is 0 Å². The van der Waals surface area contributed by atoms with E-state index in [0.29, 0.717) is 18.0 Å². The summed E-state index contributed by atoms with van der Waals surface area (Å²) in [4.78, 5) is 16.9. The van der Waals surface area contributed by atoms with Crippen molar-refractivity contribution in [2.24, 2.45) is 0 Å². The van der Waals surface area contributed by atoms with Crippen LogP contribution in [0.5, 0.6) is 5.88 Å². The van der Waals surface area contributed by atoms with Crippen molar-refractivity contribution in [1.82, 2.24) is 14.9 Å². The maximum Gasteiger partial charge on any atom is 0.253 e. The van der Waals surface area contributed by atoms with Crippen molar-refractivity contribution < 1.29 is 9.53 Å². The number of carbonyl (C=O) groups excluding carboxylic acids is 1. The van der Waals surface area contributed by atoms with Crippen molar-refractivity contribution in [2.75, 3.05) is 7.11 Å². The van der Waals surface area contributed by atoms with Gasteiger partial charge in [0, 0.05) is 35.4 Å². The quantitative estimate of drug-likeness (QED) is 0.763. The van der Waals surface area contributed by atoms with Crippen LogP contribution >= 0.6 is 0 Å². The summed E-state index contributed by atoms with van der Waals surface area (Å²) >= 11 is 0. The van der Waals surface area contributed by atoms with E-state index in [0.717, 1.165) is 22.6 Å². The second-order valence-electron chi connectivity index (χ2n) is 6.26. The maximum absolute atomic E-state index is 12.7. The maximum atomic E-state index is 12.7. The van der Waals surface area contributed by atoms with Crippen LogP contribution in [0.25, 0.3) is 5.69 Å². The third-order valence-corrected chi connectivity index (χ3v) is 4.51. The number of nitrogens with zero attached hydrogens (tertiary/aromatic N) is 2. The average Bonchev–Trinajstić information content (AvgIpc) is 2.95. The van der Waals surface area contributed by atoms with Gasteiger partial charge in [0.15, 0.2) is 0 Å². The van der Waals surface area contributed by atoms with E-state index in [1.807, 2.05) is 44.2 Å². The van der Waals surface area contributed by atoms with Crippen molar-refractivity contribution in [3.63, 3.8) is 0 Å². The van der Waals surface area contributed by atoms with E-state index in [-0.39, 0.29) is 5.91 Å². The van der Waals surface area contributed by atoms with E-state index >= 15 is 0 Å². The number of nitrogens with one attached hydrogen (secondary N) is 1. The fourth-order valence-corrected chi connectivity index (χ4v) is 3.19. The van der Waals surface area contributed by atoms with Gasteiger partial charge in [-0.1, -0.05) is 24.3 Å². The SMILES string of the molecule is COc1ncccc1CNC(=O)c1cc(C)n(-c2ccccc2C)c1C. The number of aryl methyl sites for hydroxylation is 2. The number of pyridine rings is 1. The van der Waals surface area contributed by atoms with Crippen molar-refractivity contribution in [2.45, 2.75) is 27.3 Å². The summed E-state index contributed by atoms with van der Waals surface area (Å²) < 4.78 is 7.35. The smallest absolute Gasteiger partial charge is 0.253 e. The zero-order valence-corrected chi connectivity index (χ0v) is 15.5. The molecule has 2 heterocycles. The molecule has 0 unspecified atom stereocenters. The van der Waals surface area contributed by atoms with Crippen molar-refractivity contribution in [3.05, 3.63) is 76.7 Å². The molecule has 0 aliphatic carbocycles. The monoisotopic (exact) mass is 349 g/mol. The molecule has 0 aliphatic heterocycles. The standard InChI is InChI=1S/C21H23N3O2/c1-14-8-5-6-10-19(14)24-15(2)12-18(16(24)3)20(25)23-13-17-9-7-11-22-21(17)26-4/h5-12H,13H2,1-4H3,(H,23,25). The van der Waals surface area contributed by atoms with E-state index in [4.69, 9.17) is 4.74 Å². The highest BCUT2D eigenvalue weighted by molar-refractivity contribution is 5.96. The summed E-state index contributed by atoms with van der Waals surface area (Å²) in [6.07, 6.45) is 1.67.